The minimum absolute atomic E-state index is 0.0162. The summed E-state index contributed by atoms with van der Waals surface area (Å²) >= 11 is 0. The summed E-state index contributed by atoms with van der Waals surface area (Å²) in [5.74, 6) is -0.0412. The molecule has 0 spiro atoms. The van der Waals surface area contributed by atoms with Crippen molar-refractivity contribution in [1.82, 2.24) is 5.32 Å². The van der Waals surface area contributed by atoms with Crippen molar-refractivity contribution in [3.63, 3.8) is 0 Å². The molecule has 6 nitrogen and oxygen atoms in total. The van der Waals surface area contributed by atoms with E-state index in [1.165, 1.54) is 398 Å². The van der Waals surface area contributed by atoms with Crippen molar-refractivity contribution in [2.75, 3.05) is 13.2 Å². The number of allylic oxidation sites excluding steroid dienone is 3. The van der Waals surface area contributed by atoms with Gasteiger partial charge in [-0.15, -0.1) is 0 Å². The van der Waals surface area contributed by atoms with Gasteiger partial charge in [0, 0.05) is 12.8 Å². The number of unbranched alkanes of at least 4 members (excludes halogenated alkanes) is 65. The lowest BCUT2D eigenvalue weighted by Gasteiger charge is -2.20. The molecule has 0 saturated heterocycles. The van der Waals surface area contributed by atoms with E-state index >= 15 is 0 Å². The molecule has 1 amide bonds. The van der Waals surface area contributed by atoms with Crippen LogP contribution < -0.4 is 5.32 Å². The fraction of sp³-hybridized carbons (Fsp3) is 0.928. The molecule has 6 heteroatoms. The van der Waals surface area contributed by atoms with E-state index in [-0.39, 0.29) is 18.5 Å². The van der Waals surface area contributed by atoms with Crippen molar-refractivity contribution < 1.29 is 24.5 Å². The maximum absolute atomic E-state index is 12.5. The second-order valence-corrected chi connectivity index (χ2v) is 28.5. The lowest BCUT2D eigenvalue weighted by Crippen LogP contribution is -2.45. The van der Waals surface area contributed by atoms with Crippen LogP contribution in [0, 0.1) is 0 Å². The number of hydrogen-bond donors (Lipinski definition) is 3. The highest BCUT2D eigenvalue weighted by Crippen LogP contribution is 2.20. The third kappa shape index (κ3) is 75.3. The molecule has 0 aromatic carbocycles. The van der Waals surface area contributed by atoms with Crippen LogP contribution in [0.2, 0.25) is 0 Å². The van der Waals surface area contributed by atoms with E-state index in [1.807, 2.05) is 6.08 Å². The topological polar surface area (TPSA) is 95.9 Å². The first-order chi connectivity index (χ1) is 44.0. The minimum atomic E-state index is -0.841. The van der Waals surface area contributed by atoms with Crippen LogP contribution in [0.4, 0.5) is 0 Å². The zero-order valence-corrected chi connectivity index (χ0v) is 60.7. The molecule has 2 unspecified atom stereocenters. The minimum Gasteiger partial charge on any atom is -0.466 e. The summed E-state index contributed by atoms with van der Waals surface area (Å²) in [4.78, 5) is 24.6. The molecule has 0 aliphatic carbocycles. The van der Waals surface area contributed by atoms with Crippen LogP contribution in [0.25, 0.3) is 0 Å². The van der Waals surface area contributed by atoms with E-state index in [2.05, 4.69) is 31.3 Å². The first-order valence-corrected chi connectivity index (χ1v) is 41.1. The molecular formula is C83H161NO5. The third-order valence-electron chi connectivity index (χ3n) is 19.5. The number of aliphatic hydroxyl groups excluding tert-OH is 2. The number of aliphatic hydroxyl groups is 2. The van der Waals surface area contributed by atoms with Gasteiger partial charge in [-0.25, -0.2) is 0 Å². The Bertz CT molecular complexity index is 1400. The summed E-state index contributed by atoms with van der Waals surface area (Å²) in [7, 11) is 0. The molecule has 0 aromatic heterocycles. The van der Waals surface area contributed by atoms with Crippen molar-refractivity contribution in [3.8, 4) is 0 Å². The van der Waals surface area contributed by atoms with Crippen molar-refractivity contribution in [2.45, 2.75) is 482 Å². The van der Waals surface area contributed by atoms with E-state index in [0.717, 1.165) is 44.9 Å². The molecule has 0 fully saturated rings. The molecule has 0 heterocycles. The van der Waals surface area contributed by atoms with Gasteiger partial charge in [0.15, 0.2) is 0 Å². The zero-order chi connectivity index (χ0) is 64.2. The van der Waals surface area contributed by atoms with Crippen LogP contribution in [-0.4, -0.2) is 47.4 Å². The van der Waals surface area contributed by atoms with E-state index in [1.54, 1.807) is 6.08 Å². The van der Waals surface area contributed by atoms with Gasteiger partial charge < -0.3 is 20.3 Å². The molecular weight excluding hydrogens is 1090 g/mol. The van der Waals surface area contributed by atoms with Crippen LogP contribution in [0.5, 0.6) is 0 Å². The fourth-order valence-corrected chi connectivity index (χ4v) is 13.2. The Morgan fingerprint density at radius 2 is 0.528 bits per heavy atom. The number of amides is 1. The van der Waals surface area contributed by atoms with E-state index in [9.17, 15) is 19.8 Å². The lowest BCUT2D eigenvalue weighted by molar-refractivity contribution is -0.143. The van der Waals surface area contributed by atoms with Gasteiger partial charge in [0.1, 0.15) is 0 Å². The summed E-state index contributed by atoms with van der Waals surface area (Å²) in [6, 6.07) is -0.624. The molecule has 3 N–H and O–H groups in total. The number of ether oxygens (including phenoxy) is 1. The monoisotopic (exact) mass is 1250 g/mol. The van der Waals surface area contributed by atoms with Crippen LogP contribution in [0.3, 0.4) is 0 Å². The highest BCUT2D eigenvalue weighted by Gasteiger charge is 2.18. The number of carbonyl (C=O) groups is 2. The van der Waals surface area contributed by atoms with Crippen molar-refractivity contribution in [3.05, 3.63) is 24.3 Å². The number of esters is 1. The molecule has 0 aliphatic heterocycles. The molecule has 0 rings (SSSR count). The number of nitrogens with one attached hydrogen (secondary N) is 1. The predicted octanol–water partition coefficient (Wildman–Crippen LogP) is 27.2. The summed E-state index contributed by atoms with van der Waals surface area (Å²) in [6.07, 6.45) is 102. The standard InChI is InChI=1S/C83H161NO5/c1-3-5-7-9-11-13-15-17-19-20-21-41-44-48-51-55-59-63-67-71-75-81(86)80(79-85)84-82(87)76-72-68-64-60-56-52-49-45-42-39-37-35-33-31-29-27-25-23-22-24-26-28-30-32-34-36-38-40-43-46-50-54-58-62-66-70-74-78-89-83(88)77-73-69-65-61-57-53-47-18-16-14-12-10-8-6-4-2/h18,47,71,75,80-81,85-86H,3-17,19-46,48-70,72-74,76-79H2,1-2H3,(H,84,87)/b47-18-,75-71+. The van der Waals surface area contributed by atoms with Crippen LogP contribution in [0.15, 0.2) is 24.3 Å². The lowest BCUT2D eigenvalue weighted by atomic mass is 10.0. The summed E-state index contributed by atoms with van der Waals surface area (Å²) in [5.41, 5.74) is 0. The van der Waals surface area contributed by atoms with Gasteiger partial charge in [0.05, 0.1) is 25.4 Å². The first kappa shape index (κ1) is 87.3. The Morgan fingerprint density at radius 3 is 0.798 bits per heavy atom. The quantitative estimate of drug-likeness (QED) is 0.0320. The maximum atomic E-state index is 12.5. The zero-order valence-electron chi connectivity index (χ0n) is 60.7. The number of carbonyl (C=O) groups excluding carboxylic acids is 2. The number of hydrogen-bond acceptors (Lipinski definition) is 5. The Morgan fingerprint density at radius 1 is 0.303 bits per heavy atom. The van der Waals surface area contributed by atoms with Crippen LogP contribution in [-0.2, 0) is 14.3 Å². The van der Waals surface area contributed by atoms with Crippen molar-refractivity contribution in [2.24, 2.45) is 0 Å². The summed E-state index contributed by atoms with van der Waals surface area (Å²) in [5, 5.41) is 23.3. The van der Waals surface area contributed by atoms with Gasteiger partial charge in [-0.2, -0.15) is 0 Å². The highest BCUT2D eigenvalue weighted by atomic mass is 16.5. The first-order valence-electron chi connectivity index (χ1n) is 41.1. The second-order valence-electron chi connectivity index (χ2n) is 28.5. The molecule has 0 bridgehead atoms. The second kappa shape index (κ2) is 78.8. The predicted molar refractivity (Wildman–Crippen MR) is 393 cm³/mol. The molecule has 0 aromatic rings. The normalized spacial score (nSPS) is 12.5. The van der Waals surface area contributed by atoms with Crippen LogP contribution in [0.1, 0.15) is 470 Å². The maximum Gasteiger partial charge on any atom is 0.305 e. The van der Waals surface area contributed by atoms with Gasteiger partial charge in [0.2, 0.25) is 5.91 Å². The Labute approximate surface area is 558 Å². The Kier molecular flexibility index (Phi) is 77.3. The van der Waals surface area contributed by atoms with E-state index in [0.29, 0.717) is 19.4 Å². The van der Waals surface area contributed by atoms with E-state index < -0.39 is 12.1 Å². The molecule has 89 heavy (non-hydrogen) atoms. The van der Waals surface area contributed by atoms with Gasteiger partial charge in [-0.1, -0.05) is 423 Å². The molecule has 0 saturated carbocycles. The molecule has 2 atom stereocenters. The largest absolute Gasteiger partial charge is 0.466 e. The van der Waals surface area contributed by atoms with Gasteiger partial charge in [0.25, 0.3) is 0 Å². The smallest absolute Gasteiger partial charge is 0.305 e. The molecule has 528 valence electrons. The SMILES string of the molecule is CCCCCCCC/C=C\CCCCCCCC(=O)OCCCCCCCCCCCCCCCCCCCCCCCCCCCCCCCCCCCCCCCC(=O)NC(CO)C(O)/C=C/CCCCCCCCCCCCCCCCCCCC. The van der Waals surface area contributed by atoms with Crippen molar-refractivity contribution >= 4 is 11.9 Å². The molecule has 0 aliphatic rings. The van der Waals surface area contributed by atoms with Gasteiger partial charge in [-0.3, -0.25) is 9.59 Å². The highest BCUT2D eigenvalue weighted by molar-refractivity contribution is 5.76. The summed E-state index contributed by atoms with van der Waals surface area (Å²) < 4.78 is 5.50. The Balaban J connectivity index is 3.32. The van der Waals surface area contributed by atoms with Gasteiger partial charge in [-0.05, 0) is 57.8 Å². The average Bonchev–Trinajstić information content (AvgIpc) is 3.63. The summed E-state index contributed by atoms with van der Waals surface area (Å²) in [6.45, 7) is 4.95. The van der Waals surface area contributed by atoms with Crippen LogP contribution >= 0.6 is 0 Å². The Hall–Kier alpha value is -1.66. The molecule has 0 radical (unpaired) electrons. The van der Waals surface area contributed by atoms with Crippen molar-refractivity contribution in [1.29, 1.82) is 0 Å². The number of rotatable bonds is 78. The van der Waals surface area contributed by atoms with Gasteiger partial charge >= 0.3 is 5.97 Å². The fourth-order valence-electron chi connectivity index (χ4n) is 13.2. The van der Waals surface area contributed by atoms with E-state index in [4.69, 9.17) is 4.74 Å². The third-order valence-corrected chi connectivity index (χ3v) is 19.5. The average molecular weight is 1250 g/mol.